The van der Waals surface area contributed by atoms with Crippen molar-refractivity contribution in [3.8, 4) is 5.75 Å². The number of amides is 3. The number of halogens is 5. The maximum Gasteiger partial charge on any atom is 0.339 e. The Balaban J connectivity index is 1.44. The molecule has 1 heterocycles. The highest BCUT2D eigenvalue weighted by molar-refractivity contribution is 9.11. The van der Waals surface area contributed by atoms with Crippen molar-refractivity contribution in [1.29, 1.82) is 0 Å². The van der Waals surface area contributed by atoms with Gasteiger partial charge in [0.25, 0.3) is 11.1 Å². The number of anilines is 1. The number of hydrogen-bond acceptors (Lipinski definition) is 7. The Labute approximate surface area is 270 Å². The van der Waals surface area contributed by atoms with Crippen molar-refractivity contribution in [2.45, 2.75) is 6.61 Å². The maximum absolute atomic E-state index is 13.0. The van der Waals surface area contributed by atoms with E-state index >= 15 is 0 Å². The summed E-state index contributed by atoms with van der Waals surface area (Å²) in [7, 11) is 1.20. The largest absolute Gasteiger partial charge is 0.486 e. The number of thioether (sulfide) groups is 1. The molecule has 0 aromatic heterocycles. The lowest BCUT2D eigenvalue weighted by Crippen LogP contribution is -2.36. The Morgan fingerprint density at radius 1 is 1.00 bits per heavy atom. The van der Waals surface area contributed by atoms with Crippen LogP contribution in [0.3, 0.4) is 0 Å². The molecular formula is C27H17Br2Cl3N2O6S. The van der Waals surface area contributed by atoms with E-state index in [0.29, 0.717) is 42.1 Å². The highest BCUT2D eigenvalue weighted by Gasteiger charge is 2.36. The standard InChI is InChI=1S/C27H17Br2Cl3N2O6S/c1-39-26(37)17-10-16(4-5-20(17)31)33-23(35)11-34-25(36)22(41-27(34)38)8-13-6-18(28)24(19(29)7-13)40-12-14-2-3-15(30)9-21(14)32/h2-10H,11-12H2,1H3,(H,33,35)/b22-8+. The second-order valence-electron chi connectivity index (χ2n) is 8.34. The lowest BCUT2D eigenvalue weighted by Gasteiger charge is -2.13. The third kappa shape index (κ3) is 7.65. The number of imide groups is 1. The van der Waals surface area contributed by atoms with Crippen molar-refractivity contribution in [2.24, 2.45) is 0 Å². The molecule has 212 valence electrons. The van der Waals surface area contributed by atoms with Gasteiger partial charge in [-0.25, -0.2) is 4.79 Å². The van der Waals surface area contributed by atoms with Crippen molar-refractivity contribution in [3.05, 3.63) is 94.1 Å². The van der Waals surface area contributed by atoms with Gasteiger partial charge in [0.15, 0.2) is 0 Å². The van der Waals surface area contributed by atoms with Crippen LogP contribution in [-0.4, -0.2) is 41.6 Å². The van der Waals surface area contributed by atoms with Gasteiger partial charge >= 0.3 is 5.97 Å². The van der Waals surface area contributed by atoms with Gasteiger partial charge in [-0.05, 0) is 97.7 Å². The van der Waals surface area contributed by atoms with Crippen LogP contribution in [0.5, 0.6) is 5.75 Å². The average molecular weight is 764 g/mol. The van der Waals surface area contributed by atoms with Gasteiger partial charge in [-0.2, -0.15) is 0 Å². The number of carbonyl (C=O) groups excluding carboxylic acids is 4. The Hall–Kier alpha value is -2.54. The number of nitrogens with one attached hydrogen (secondary N) is 1. The van der Waals surface area contributed by atoms with Crippen LogP contribution in [0, 0.1) is 0 Å². The zero-order valence-electron chi connectivity index (χ0n) is 20.8. The van der Waals surface area contributed by atoms with Gasteiger partial charge in [0.05, 0.1) is 31.5 Å². The van der Waals surface area contributed by atoms with E-state index < -0.39 is 29.6 Å². The molecule has 0 saturated carbocycles. The van der Waals surface area contributed by atoms with Crippen LogP contribution in [-0.2, 0) is 20.9 Å². The summed E-state index contributed by atoms with van der Waals surface area (Å²) in [6.07, 6.45) is 1.54. The predicted octanol–water partition coefficient (Wildman–Crippen LogP) is 8.21. The summed E-state index contributed by atoms with van der Waals surface area (Å²) < 4.78 is 11.8. The van der Waals surface area contributed by atoms with Gasteiger partial charge in [-0.15, -0.1) is 0 Å². The molecule has 1 saturated heterocycles. The minimum Gasteiger partial charge on any atom is -0.486 e. The van der Waals surface area contributed by atoms with Gasteiger partial charge in [0, 0.05) is 21.3 Å². The van der Waals surface area contributed by atoms with E-state index in [1.54, 1.807) is 36.4 Å². The van der Waals surface area contributed by atoms with Gasteiger partial charge < -0.3 is 14.8 Å². The van der Waals surface area contributed by atoms with Crippen LogP contribution in [0.15, 0.2) is 62.4 Å². The molecule has 0 unspecified atom stereocenters. The van der Waals surface area contributed by atoms with Crippen molar-refractivity contribution in [2.75, 3.05) is 19.0 Å². The molecule has 0 bridgehead atoms. The third-order valence-electron chi connectivity index (χ3n) is 5.54. The maximum atomic E-state index is 13.0. The summed E-state index contributed by atoms with van der Waals surface area (Å²) in [6.45, 7) is -0.334. The van der Waals surface area contributed by atoms with E-state index in [2.05, 4.69) is 41.9 Å². The first-order valence-electron chi connectivity index (χ1n) is 11.5. The van der Waals surface area contributed by atoms with Crippen molar-refractivity contribution >= 4 is 113 Å². The lowest BCUT2D eigenvalue weighted by atomic mass is 10.2. The van der Waals surface area contributed by atoms with Gasteiger partial charge in [-0.1, -0.05) is 40.9 Å². The monoisotopic (exact) mass is 760 g/mol. The normalized spacial score (nSPS) is 14.0. The van der Waals surface area contributed by atoms with Crippen molar-refractivity contribution in [1.82, 2.24) is 4.90 Å². The lowest BCUT2D eigenvalue weighted by molar-refractivity contribution is -0.127. The average Bonchev–Trinajstić information content (AvgIpc) is 3.17. The van der Waals surface area contributed by atoms with Crippen LogP contribution in [0.1, 0.15) is 21.5 Å². The summed E-state index contributed by atoms with van der Waals surface area (Å²) in [4.78, 5) is 51.0. The third-order valence-corrected chi connectivity index (χ3v) is 8.54. The molecular weight excluding hydrogens is 747 g/mol. The fraction of sp³-hybridized carbons (Fsp3) is 0.111. The summed E-state index contributed by atoms with van der Waals surface area (Å²) in [5, 5.41) is 3.10. The minimum atomic E-state index is -0.675. The number of rotatable bonds is 8. The number of methoxy groups -OCH3 is 1. The van der Waals surface area contributed by atoms with E-state index in [1.165, 1.54) is 25.3 Å². The summed E-state index contributed by atoms with van der Waals surface area (Å²) in [5.41, 5.74) is 1.66. The SMILES string of the molecule is COC(=O)c1cc(NC(=O)CN2C(=O)S/C(=C/c3cc(Br)c(OCc4ccc(Cl)cc4Cl)c(Br)c3)C2=O)ccc1Cl. The molecule has 4 rings (SSSR count). The Kier molecular flexibility index (Phi) is 10.4. The number of carbonyl (C=O) groups is 4. The molecule has 1 fully saturated rings. The molecule has 3 aromatic rings. The molecule has 1 aliphatic rings. The predicted molar refractivity (Wildman–Crippen MR) is 167 cm³/mol. The second kappa shape index (κ2) is 13.6. The van der Waals surface area contributed by atoms with E-state index in [-0.39, 0.29) is 27.8 Å². The Bertz CT molecular complexity index is 1590. The molecule has 1 N–H and O–H groups in total. The number of benzene rings is 3. The number of nitrogens with zero attached hydrogens (tertiary/aromatic N) is 1. The summed E-state index contributed by atoms with van der Waals surface area (Å²) in [6, 6.07) is 12.8. The summed E-state index contributed by atoms with van der Waals surface area (Å²) >= 11 is 25.9. The molecule has 8 nitrogen and oxygen atoms in total. The summed E-state index contributed by atoms with van der Waals surface area (Å²) in [5.74, 6) is -1.42. The Morgan fingerprint density at radius 3 is 2.37 bits per heavy atom. The van der Waals surface area contributed by atoms with E-state index in [9.17, 15) is 19.2 Å². The van der Waals surface area contributed by atoms with Gasteiger partial charge in [-0.3, -0.25) is 19.3 Å². The smallest absolute Gasteiger partial charge is 0.339 e. The molecule has 0 spiro atoms. The van der Waals surface area contributed by atoms with Crippen LogP contribution in [0.4, 0.5) is 10.5 Å². The fourth-order valence-electron chi connectivity index (χ4n) is 3.59. The zero-order chi connectivity index (χ0) is 29.8. The number of hydrogen-bond donors (Lipinski definition) is 1. The van der Waals surface area contributed by atoms with Crippen LogP contribution >= 0.6 is 78.4 Å². The molecule has 0 aliphatic carbocycles. The van der Waals surface area contributed by atoms with E-state index in [0.717, 1.165) is 10.5 Å². The first kappa shape index (κ1) is 31.4. The molecule has 1 aliphatic heterocycles. The van der Waals surface area contributed by atoms with Gasteiger partial charge in [0.1, 0.15) is 18.9 Å². The highest BCUT2D eigenvalue weighted by Crippen LogP contribution is 2.38. The second-order valence-corrected chi connectivity index (χ2v) is 12.3. The fourth-order valence-corrected chi connectivity index (χ4v) is 6.54. The quantitative estimate of drug-likeness (QED) is 0.182. The number of ether oxygens (including phenoxy) is 2. The molecule has 41 heavy (non-hydrogen) atoms. The molecule has 0 radical (unpaired) electrons. The first-order chi connectivity index (χ1) is 19.5. The first-order valence-corrected chi connectivity index (χ1v) is 15.0. The van der Waals surface area contributed by atoms with Gasteiger partial charge in [0.2, 0.25) is 5.91 Å². The molecule has 3 amide bonds. The minimum absolute atomic E-state index is 0.0589. The number of esters is 1. The van der Waals surface area contributed by atoms with Crippen LogP contribution in [0.25, 0.3) is 6.08 Å². The highest BCUT2D eigenvalue weighted by atomic mass is 79.9. The van der Waals surface area contributed by atoms with Crippen molar-refractivity contribution in [3.63, 3.8) is 0 Å². The zero-order valence-corrected chi connectivity index (χ0v) is 27.1. The van der Waals surface area contributed by atoms with E-state index in [4.69, 9.17) is 39.5 Å². The Morgan fingerprint density at radius 2 is 1.71 bits per heavy atom. The van der Waals surface area contributed by atoms with Crippen LogP contribution < -0.4 is 10.1 Å². The van der Waals surface area contributed by atoms with Crippen LogP contribution in [0.2, 0.25) is 15.1 Å². The molecule has 14 heteroatoms. The van der Waals surface area contributed by atoms with E-state index in [1.807, 2.05) is 0 Å². The van der Waals surface area contributed by atoms with Crippen molar-refractivity contribution < 1.29 is 28.7 Å². The topological polar surface area (TPSA) is 102 Å². The molecule has 3 aromatic carbocycles. The molecule has 0 atom stereocenters.